The van der Waals surface area contributed by atoms with Crippen molar-refractivity contribution in [3.8, 4) is 0 Å². The molecule has 2 rings (SSSR count). The fourth-order valence-corrected chi connectivity index (χ4v) is 1.92. The lowest BCUT2D eigenvalue weighted by atomic mass is 10.2. The highest BCUT2D eigenvalue weighted by Gasteiger charge is 2.09. The van der Waals surface area contributed by atoms with Gasteiger partial charge in [0.2, 0.25) is 0 Å². The molecular formula is C10H14ClN5. The summed E-state index contributed by atoms with van der Waals surface area (Å²) >= 11 is 5.77. The molecule has 0 aliphatic heterocycles. The van der Waals surface area contributed by atoms with Gasteiger partial charge in [0.25, 0.3) is 0 Å². The largest absolute Gasteiger partial charge is 0.312 e. The van der Waals surface area contributed by atoms with E-state index in [-0.39, 0.29) is 0 Å². The second-order valence-corrected chi connectivity index (χ2v) is 3.90. The van der Waals surface area contributed by atoms with E-state index >= 15 is 0 Å². The first kappa shape index (κ1) is 11.1. The number of rotatable bonds is 4. The number of nitrogens with zero attached hydrogens (tertiary/aromatic N) is 5. The standard InChI is InChI=1S/C10H14ClN5/c1-3-9-8(5-15(2)14-9)6-16-7-12-13-10(16)4-11/h5,7H,3-4,6H2,1-2H3. The SMILES string of the molecule is CCc1nn(C)cc1Cn1cnnc1CCl. The van der Waals surface area contributed by atoms with Gasteiger partial charge in [0.1, 0.15) is 12.2 Å². The second-order valence-electron chi connectivity index (χ2n) is 3.64. The molecule has 0 amide bonds. The lowest BCUT2D eigenvalue weighted by Gasteiger charge is -2.03. The molecule has 16 heavy (non-hydrogen) atoms. The summed E-state index contributed by atoms with van der Waals surface area (Å²) in [6.45, 7) is 2.83. The Morgan fingerprint density at radius 1 is 1.44 bits per heavy atom. The molecule has 6 heteroatoms. The molecule has 2 aromatic heterocycles. The van der Waals surface area contributed by atoms with E-state index in [2.05, 4.69) is 22.2 Å². The zero-order valence-electron chi connectivity index (χ0n) is 9.39. The fourth-order valence-electron chi connectivity index (χ4n) is 1.71. The van der Waals surface area contributed by atoms with Gasteiger partial charge >= 0.3 is 0 Å². The van der Waals surface area contributed by atoms with Gasteiger partial charge in [-0.3, -0.25) is 4.68 Å². The molecule has 0 aliphatic carbocycles. The van der Waals surface area contributed by atoms with E-state index in [9.17, 15) is 0 Å². The van der Waals surface area contributed by atoms with Crippen LogP contribution < -0.4 is 0 Å². The van der Waals surface area contributed by atoms with Gasteiger partial charge in [-0.2, -0.15) is 5.10 Å². The van der Waals surface area contributed by atoms with Gasteiger partial charge in [0, 0.05) is 18.8 Å². The summed E-state index contributed by atoms with van der Waals surface area (Å²) in [6.07, 6.45) is 4.65. The van der Waals surface area contributed by atoms with Crippen molar-refractivity contribution >= 4 is 11.6 Å². The Morgan fingerprint density at radius 2 is 2.25 bits per heavy atom. The Hall–Kier alpha value is -1.36. The van der Waals surface area contributed by atoms with Crippen LogP contribution in [0.5, 0.6) is 0 Å². The predicted octanol–water partition coefficient (Wildman–Crippen LogP) is 1.36. The number of hydrogen-bond donors (Lipinski definition) is 0. The van der Waals surface area contributed by atoms with Crippen molar-refractivity contribution < 1.29 is 0 Å². The zero-order valence-corrected chi connectivity index (χ0v) is 10.1. The third kappa shape index (κ3) is 2.09. The van der Waals surface area contributed by atoms with E-state index in [0.29, 0.717) is 5.88 Å². The quantitative estimate of drug-likeness (QED) is 0.757. The second kappa shape index (κ2) is 4.65. The minimum absolute atomic E-state index is 0.377. The Kier molecular flexibility index (Phi) is 3.24. The molecule has 0 aromatic carbocycles. The summed E-state index contributed by atoms with van der Waals surface area (Å²) < 4.78 is 3.78. The molecule has 5 nitrogen and oxygen atoms in total. The highest BCUT2D eigenvalue weighted by molar-refractivity contribution is 6.16. The molecule has 2 heterocycles. The monoisotopic (exact) mass is 239 g/mol. The molecular weight excluding hydrogens is 226 g/mol. The lowest BCUT2D eigenvalue weighted by Crippen LogP contribution is -2.03. The van der Waals surface area contributed by atoms with Gasteiger partial charge in [0.15, 0.2) is 0 Å². The van der Waals surface area contributed by atoms with Crippen molar-refractivity contribution in [3.63, 3.8) is 0 Å². The predicted molar refractivity (Wildman–Crippen MR) is 61.3 cm³/mol. The highest BCUT2D eigenvalue weighted by atomic mass is 35.5. The first-order valence-electron chi connectivity index (χ1n) is 5.18. The van der Waals surface area contributed by atoms with Crippen LogP contribution in [0.15, 0.2) is 12.5 Å². The lowest BCUT2D eigenvalue weighted by molar-refractivity contribution is 0.746. The summed E-state index contributed by atoms with van der Waals surface area (Å²) in [5, 5.41) is 12.2. The number of hydrogen-bond acceptors (Lipinski definition) is 3. The smallest absolute Gasteiger partial charge is 0.148 e. The van der Waals surface area contributed by atoms with Crippen LogP contribution in [-0.4, -0.2) is 24.5 Å². The van der Waals surface area contributed by atoms with Crippen molar-refractivity contribution in [1.29, 1.82) is 0 Å². The maximum Gasteiger partial charge on any atom is 0.148 e. The number of aromatic nitrogens is 5. The van der Waals surface area contributed by atoms with E-state index < -0.39 is 0 Å². The van der Waals surface area contributed by atoms with Crippen LogP contribution >= 0.6 is 11.6 Å². The minimum atomic E-state index is 0.377. The Labute approximate surface area is 99.1 Å². The number of aryl methyl sites for hydroxylation is 2. The molecule has 0 fully saturated rings. The molecule has 0 saturated carbocycles. The molecule has 0 N–H and O–H groups in total. The van der Waals surface area contributed by atoms with E-state index in [4.69, 9.17) is 11.6 Å². The van der Waals surface area contributed by atoms with Gasteiger partial charge in [-0.05, 0) is 6.42 Å². The van der Waals surface area contributed by atoms with Crippen molar-refractivity contribution in [2.45, 2.75) is 25.8 Å². The third-order valence-electron chi connectivity index (χ3n) is 2.48. The van der Waals surface area contributed by atoms with E-state index in [1.807, 2.05) is 22.5 Å². The summed E-state index contributed by atoms with van der Waals surface area (Å²) in [6, 6.07) is 0. The van der Waals surface area contributed by atoms with Crippen LogP contribution in [0.3, 0.4) is 0 Å². The number of halogens is 1. The maximum atomic E-state index is 5.77. The Bertz CT molecular complexity index is 473. The fraction of sp³-hybridized carbons (Fsp3) is 0.500. The van der Waals surface area contributed by atoms with Gasteiger partial charge < -0.3 is 4.57 Å². The van der Waals surface area contributed by atoms with Crippen molar-refractivity contribution in [3.05, 3.63) is 29.6 Å². The van der Waals surface area contributed by atoms with Crippen LogP contribution in [0.1, 0.15) is 24.0 Å². The van der Waals surface area contributed by atoms with Crippen LogP contribution in [-0.2, 0) is 25.9 Å². The molecule has 2 aromatic rings. The van der Waals surface area contributed by atoms with Gasteiger partial charge in [-0.25, -0.2) is 0 Å². The van der Waals surface area contributed by atoms with Gasteiger partial charge in [-0.15, -0.1) is 21.8 Å². The van der Waals surface area contributed by atoms with Crippen molar-refractivity contribution in [1.82, 2.24) is 24.5 Å². The normalized spacial score (nSPS) is 10.9. The molecule has 0 unspecified atom stereocenters. The first-order chi connectivity index (χ1) is 7.74. The van der Waals surface area contributed by atoms with E-state index in [1.54, 1.807) is 6.33 Å². The van der Waals surface area contributed by atoms with Crippen molar-refractivity contribution in [2.75, 3.05) is 0 Å². The van der Waals surface area contributed by atoms with Crippen LogP contribution in [0.2, 0.25) is 0 Å². The molecule has 0 bridgehead atoms. The number of alkyl halides is 1. The van der Waals surface area contributed by atoms with E-state index in [0.717, 1.165) is 24.5 Å². The molecule has 86 valence electrons. The van der Waals surface area contributed by atoms with Crippen LogP contribution in [0.25, 0.3) is 0 Å². The summed E-state index contributed by atoms with van der Waals surface area (Å²) in [7, 11) is 1.93. The summed E-state index contributed by atoms with van der Waals surface area (Å²) in [5.74, 6) is 1.16. The van der Waals surface area contributed by atoms with Gasteiger partial charge in [-0.1, -0.05) is 6.92 Å². The highest BCUT2D eigenvalue weighted by Crippen LogP contribution is 2.11. The molecule has 0 radical (unpaired) electrons. The third-order valence-corrected chi connectivity index (χ3v) is 2.72. The average Bonchev–Trinajstić information content (AvgIpc) is 2.85. The summed E-state index contributed by atoms with van der Waals surface area (Å²) in [4.78, 5) is 0. The first-order valence-corrected chi connectivity index (χ1v) is 5.72. The van der Waals surface area contributed by atoms with Gasteiger partial charge in [0.05, 0.1) is 18.1 Å². The molecule has 0 atom stereocenters. The summed E-state index contributed by atoms with van der Waals surface area (Å²) in [5.41, 5.74) is 2.30. The average molecular weight is 240 g/mol. The topological polar surface area (TPSA) is 48.5 Å². The van der Waals surface area contributed by atoms with Crippen LogP contribution in [0, 0.1) is 0 Å². The van der Waals surface area contributed by atoms with Crippen LogP contribution in [0.4, 0.5) is 0 Å². The molecule has 0 aliphatic rings. The zero-order chi connectivity index (χ0) is 11.5. The maximum absolute atomic E-state index is 5.77. The Balaban J connectivity index is 2.26. The van der Waals surface area contributed by atoms with Crippen molar-refractivity contribution in [2.24, 2.45) is 7.05 Å². The molecule has 0 saturated heterocycles. The van der Waals surface area contributed by atoms with E-state index in [1.165, 1.54) is 5.56 Å². The Morgan fingerprint density at radius 3 is 2.94 bits per heavy atom. The minimum Gasteiger partial charge on any atom is -0.312 e. The molecule has 0 spiro atoms.